The molecule has 3 N–H and O–H groups in total. The SMILES string of the molecule is CCCCCCCCCCCCCCCCCCC(=O)O[C@H](COC(=O)CCCCCCCCCCCC(C)C)COP(=O)(O)OC[C@H](O)COP(=O)(O)OC[C@@H](COC(=O)CCCCCCCCCCCCCCCCC(C)C)OC(=O)CCCCCCCCCCCCCCCCCCCCC(C)C. The molecule has 630 valence electrons. The first-order chi connectivity index (χ1) is 51.2. The van der Waals surface area contributed by atoms with Crippen molar-refractivity contribution in [1.29, 1.82) is 0 Å². The molecule has 0 aliphatic heterocycles. The zero-order valence-corrected chi connectivity index (χ0v) is 71.7. The van der Waals surface area contributed by atoms with Gasteiger partial charge in [0.15, 0.2) is 12.2 Å². The molecule has 0 spiro atoms. The topological polar surface area (TPSA) is 237 Å². The van der Waals surface area contributed by atoms with Crippen molar-refractivity contribution in [3.05, 3.63) is 0 Å². The molecule has 0 fully saturated rings. The van der Waals surface area contributed by atoms with Crippen LogP contribution < -0.4 is 0 Å². The number of unbranched alkanes of at least 4 members (excludes halogenated alkanes) is 53. The lowest BCUT2D eigenvalue weighted by molar-refractivity contribution is -0.161. The summed E-state index contributed by atoms with van der Waals surface area (Å²) in [6.07, 6.45) is 68.0. The zero-order valence-electron chi connectivity index (χ0n) is 69.9. The molecule has 0 aliphatic rings. The van der Waals surface area contributed by atoms with Crippen LogP contribution in [0.2, 0.25) is 0 Å². The molecule has 0 amide bonds. The minimum atomic E-state index is -4.97. The van der Waals surface area contributed by atoms with Gasteiger partial charge in [0.05, 0.1) is 26.4 Å². The van der Waals surface area contributed by atoms with Crippen molar-refractivity contribution >= 4 is 39.5 Å². The van der Waals surface area contributed by atoms with Gasteiger partial charge in [-0.05, 0) is 43.4 Å². The van der Waals surface area contributed by atoms with Gasteiger partial charge in [0.25, 0.3) is 0 Å². The van der Waals surface area contributed by atoms with Crippen LogP contribution in [0.15, 0.2) is 0 Å². The first kappa shape index (κ1) is 104. The van der Waals surface area contributed by atoms with Crippen LogP contribution in [0, 0.1) is 17.8 Å². The summed E-state index contributed by atoms with van der Waals surface area (Å²) in [6.45, 7) is 12.0. The Hall–Kier alpha value is -1.94. The van der Waals surface area contributed by atoms with Crippen LogP contribution in [0.3, 0.4) is 0 Å². The number of ether oxygens (including phenoxy) is 4. The number of rotatable bonds is 85. The maximum absolute atomic E-state index is 13.2. The Bertz CT molecular complexity index is 2040. The number of carbonyl (C=O) groups excluding carboxylic acids is 4. The molecule has 19 heteroatoms. The maximum atomic E-state index is 13.2. The van der Waals surface area contributed by atoms with E-state index in [1.54, 1.807) is 0 Å². The Morgan fingerprint density at radius 2 is 0.434 bits per heavy atom. The normalized spacial score (nSPS) is 13.9. The van der Waals surface area contributed by atoms with Crippen LogP contribution in [0.25, 0.3) is 0 Å². The van der Waals surface area contributed by atoms with Gasteiger partial charge < -0.3 is 33.8 Å². The highest BCUT2D eigenvalue weighted by Crippen LogP contribution is 2.45. The predicted molar refractivity (Wildman–Crippen MR) is 437 cm³/mol. The van der Waals surface area contributed by atoms with Gasteiger partial charge in [0.1, 0.15) is 19.3 Å². The fourth-order valence-electron chi connectivity index (χ4n) is 13.5. The van der Waals surface area contributed by atoms with E-state index in [-0.39, 0.29) is 25.7 Å². The Balaban J connectivity index is 5.25. The molecule has 0 aromatic rings. The summed E-state index contributed by atoms with van der Waals surface area (Å²) in [7, 11) is -9.93. The van der Waals surface area contributed by atoms with Gasteiger partial charge in [-0.15, -0.1) is 0 Å². The summed E-state index contributed by atoms with van der Waals surface area (Å²) in [5, 5.41) is 10.7. The molecular formula is C87H170O17P2. The Kier molecular flexibility index (Phi) is 75.6. The lowest BCUT2D eigenvalue weighted by Gasteiger charge is -2.21. The summed E-state index contributed by atoms with van der Waals surface area (Å²) >= 11 is 0. The van der Waals surface area contributed by atoms with E-state index < -0.39 is 97.5 Å². The van der Waals surface area contributed by atoms with E-state index in [0.717, 1.165) is 108 Å². The molecule has 0 aromatic heterocycles. The number of aliphatic hydroxyl groups excluding tert-OH is 1. The Morgan fingerprint density at radius 1 is 0.255 bits per heavy atom. The number of esters is 4. The van der Waals surface area contributed by atoms with E-state index in [2.05, 4.69) is 48.5 Å². The number of phosphoric ester groups is 2. The summed E-state index contributed by atoms with van der Waals surface area (Å²) in [5.74, 6) is 0.261. The molecule has 0 saturated carbocycles. The molecule has 17 nitrogen and oxygen atoms in total. The molecule has 0 bridgehead atoms. The van der Waals surface area contributed by atoms with Crippen molar-refractivity contribution < 1.29 is 80.2 Å². The average Bonchev–Trinajstić information content (AvgIpc) is 0.899. The van der Waals surface area contributed by atoms with Crippen molar-refractivity contribution in [3.63, 3.8) is 0 Å². The van der Waals surface area contributed by atoms with E-state index in [4.69, 9.17) is 37.0 Å². The van der Waals surface area contributed by atoms with Crippen LogP contribution in [0.4, 0.5) is 0 Å². The highest BCUT2D eigenvalue weighted by molar-refractivity contribution is 7.47. The Labute approximate surface area is 651 Å². The van der Waals surface area contributed by atoms with Crippen molar-refractivity contribution in [2.75, 3.05) is 39.6 Å². The third kappa shape index (κ3) is 80.1. The molecule has 0 saturated heterocycles. The second kappa shape index (κ2) is 77.0. The lowest BCUT2D eigenvalue weighted by Crippen LogP contribution is -2.30. The first-order valence-electron chi connectivity index (χ1n) is 44.8. The largest absolute Gasteiger partial charge is 0.472 e. The van der Waals surface area contributed by atoms with E-state index in [9.17, 15) is 43.2 Å². The van der Waals surface area contributed by atoms with Crippen molar-refractivity contribution in [3.8, 4) is 0 Å². The highest BCUT2D eigenvalue weighted by atomic mass is 31.2. The standard InChI is InChI=1S/C87H170O17P2/c1-8-9-10-11-12-13-14-15-16-22-29-34-41-49-56-63-70-87(92)104-83(75-98-85(90)69-62-55-48-43-36-39-46-53-60-67-80(6)7)77-102-106(95,96)100-73-81(88)72-99-105(93,94)101-76-82(74-97-84(89)68-61-54-47-40-33-28-25-24-27-32-38-45-52-59-66-79(4)5)103-86(91)71-64-57-50-42-35-30-23-20-18-17-19-21-26-31-37-44-51-58-65-78(2)3/h78-83,88H,8-77H2,1-7H3,(H,93,94)(H,95,96)/t81-,82-,83-/m1/s1. The van der Waals surface area contributed by atoms with Gasteiger partial charge in [0, 0.05) is 25.7 Å². The van der Waals surface area contributed by atoms with Crippen molar-refractivity contribution in [2.24, 2.45) is 17.8 Å². The molecule has 106 heavy (non-hydrogen) atoms. The number of phosphoric acid groups is 2. The molecule has 0 radical (unpaired) electrons. The fourth-order valence-corrected chi connectivity index (χ4v) is 15.1. The lowest BCUT2D eigenvalue weighted by atomic mass is 10.0. The monoisotopic (exact) mass is 1550 g/mol. The number of hydrogen-bond donors (Lipinski definition) is 3. The number of aliphatic hydroxyl groups is 1. The zero-order chi connectivity index (χ0) is 77.9. The third-order valence-electron chi connectivity index (χ3n) is 20.4. The Morgan fingerprint density at radius 3 is 0.642 bits per heavy atom. The molecule has 2 unspecified atom stereocenters. The minimum absolute atomic E-state index is 0.108. The second-order valence-electron chi connectivity index (χ2n) is 32.7. The van der Waals surface area contributed by atoms with Gasteiger partial charge >= 0.3 is 39.5 Å². The van der Waals surface area contributed by atoms with Gasteiger partial charge in [-0.1, -0.05) is 408 Å². The molecule has 0 aromatic carbocycles. The molecule has 0 heterocycles. The molecule has 5 atom stereocenters. The summed E-state index contributed by atoms with van der Waals surface area (Å²) < 4.78 is 69.0. The highest BCUT2D eigenvalue weighted by Gasteiger charge is 2.30. The van der Waals surface area contributed by atoms with Gasteiger partial charge in [-0.3, -0.25) is 37.3 Å². The summed E-state index contributed by atoms with van der Waals surface area (Å²) in [4.78, 5) is 73.3. The number of carbonyl (C=O) groups is 4. The van der Waals surface area contributed by atoms with E-state index >= 15 is 0 Å². The summed E-state index contributed by atoms with van der Waals surface area (Å²) in [5.41, 5.74) is 0. The van der Waals surface area contributed by atoms with Crippen LogP contribution >= 0.6 is 15.6 Å². The quantitative estimate of drug-likeness (QED) is 0.0222. The van der Waals surface area contributed by atoms with Gasteiger partial charge in [0.2, 0.25) is 0 Å². The molecule has 0 aliphatic carbocycles. The predicted octanol–water partition coefficient (Wildman–Crippen LogP) is 26.5. The van der Waals surface area contributed by atoms with E-state index in [1.165, 1.54) is 270 Å². The summed E-state index contributed by atoms with van der Waals surface area (Å²) in [6, 6.07) is 0. The maximum Gasteiger partial charge on any atom is 0.472 e. The fraction of sp³-hybridized carbons (Fsp3) is 0.954. The van der Waals surface area contributed by atoms with E-state index in [1.807, 2.05) is 0 Å². The van der Waals surface area contributed by atoms with E-state index in [0.29, 0.717) is 25.7 Å². The van der Waals surface area contributed by atoms with Crippen molar-refractivity contribution in [1.82, 2.24) is 0 Å². The second-order valence-corrected chi connectivity index (χ2v) is 35.6. The smallest absolute Gasteiger partial charge is 0.462 e. The van der Waals surface area contributed by atoms with Crippen LogP contribution in [-0.2, 0) is 65.4 Å². The minimum Gasteiger partial charge on any atom is -0.462 e. The molecule has 0 rings (SSSR count). The third-order valence-corrected chi connectivity index (χ3v) is 22.3. The molecular weight excluding hydrogens is 1380 g/mol. The number of hydrogen-bond acceptors (Lipinski definition) is 15. The van der Waals surface area contributed by atoms with Gasteiger partial charge in [-0.25, -0.2) is 9.13 Å². The van der Waals surface area contributed by atoms with Crippen LogP contribution in [0.5, 0.6) is 0 Å². The van der Waals surface area contributed by atoms with Crippen LogP contribution in [0.1, 0.15) is 459 Å². The van der Waals surface area contributed by atoms with Crippen LogP contribution in [-0.4, -0.2) is 96.7 Å². The van der Waals surface area contributed by atoms with Crippen molar-refractivity contribution in [2.45, 2.75) is 478 Å². The average molecular weight is 1550 g/mol. The van der Waals surface area contributed by atoms with Gasteiger partial charge in [-0.2, -0.15) is 0 Å². The first-order valence-corrected chi connectivity index (χ1v) is 47.8.